The number of carbonyl (C=O) groups is 3. The number of hydrogen-bond acceptors (Lipinski definition) is 3. The van der Waals surface area contributed by atoms with Crippen LogP contribution >= 0.6 is 0 Å². The SMILES string of the molecule is CC(=O)O.CC(=O)O.CC(=O)O.O.[Pr]. The first-order chi connectivity index (χ1) is 5.20. The minimum Gasteiger partial charge on any atom is -0.481 e. The molecule has 0 aromatic heterocycles. The van der Waals surface area contributed by atoms with Gasteiger partial charge in [0, 0.05) is 62.1 Å². The molecule has 0 rings (SSSR count). The summed E-state index contributed by atoms with van der Waals surface area (Å²) in [5, 5.41) is 22.2. The molecule has 0 atom stereocenters. The quantitative estimate of drug-likeness (QED) is 0.540. The zero-order valence-electron chi connectivity index (χ0n) is 8.14. The van der Waals surface area contributed by atoms with E-state index in [-0.39, 0.29) is 46.8 Å². The summed E-state index contributed by atoms with van der Waals surface area (Å²) in [7, 11) is 0. The maximum atomic E-state index is 9.00. The molecular weight excluding hydrogens is 325 g/mol. The number of hydrogen-bond donors (Lipinski definition) is 3. The molecule has 0 fully saturated rings. The van der Waals surface area contributed by atoms with Gasteiger partial charge in [-0.2, -0.15) is 0 Å². The monoisotopic (exact) mass is 339 g/mol. The van der Waals surface area contributed by atoms with Crippen molar-refractivity contribution in [2.45, 2.75) is 20.8 Å². The molecule has 8 heteroatoms. The van der Waals surface area contributed by atoms with Crippen LogP contribution in [-0.4, -0.2) is 38.7 Å². The van der Waals surface area contributed by atoms with E-state index < -0.39 is 17.9 Å². The van der Waals surface area contributed by atoms with Crippen molar-refractivity contribution in [1.29, 1.82) is 0 Å². The van der Waals surface area contributed by atoms with Gasteiger partial charge in [-0.3, -0.25) is 14.4 Å². The summed E-state index contributed by atoms with van der Waals surface area (Å²) in [4.78, 5) is 27.0. The average Bonchev–Trinajstić information content (AvgIpc) is 1.54. The topological polar surface area (TPSA) is 143 Å². The molecule has 5 N–H and O–H groups in total. The van der Waals surface area contributed by atoms with Crippen LogP contribution in [-0.2, 0) is 14.4 Å². The summed E-state index contributed by atoms with van der Waals surface area (Å²) in [5.74, 6) is -2.50. The minimum absolute atomic E-state index is 0. The Balaban J connectivity index is -0.0000000270. The van der Waals surface area contributed by atoms with E-state index in [1.165, 1.54) is 0 Å². The van der Waals surface area contributed by atoms with Crippen molar-refractivity contribution in [2.24, 2.45) is 0 Å². The van der Waals surface area contributed by atoms with Gasteiger partial charge < -0.3 is 20.8 Å². The molecule has 0 aliphatic rings. The molecule has 7 nitrogen and oxygen atoms in total. The Bertz CT molecular complexity index is 116. The van der Waals surface area contributed by atoms with Gasteiger partial charge in [0.25, 0.3) is 17.9 Å². The first-order valence-corrected chi connectivity index (χ1v) is 2.78. The third-order valence-electron chi connectivity index (χ3n) is 0. The molecule has 0 heterocycles. The van der Waals surface area contributed by atoms with Crippen LogP contribution in [0, 0.1) is 41.3 Å². The Kier molecular flexibility index (Phi) is 47.9. The predicted octanol–water partition coefficient (Wildman–Crippen LogP) is -0.552. The summed E-state index contributed by atoms with van der Waals surface area (Å²) < 4.78 is 0. The molecule has 0 aliphatic carbocycles. The molecule has 14 heavy (non-hydrogen) atoms. The Morgan fingerprint density at radius 1 is 0.714 bits per heavy atom. The van der Waals surface area contributed by atoms with Crippen LogP contribution in [0.25, 0.3) is 0 Å². The van der Waals surface area contributed by atoms with Crippen molar-refractivity contribution in [3.8, 4) is 0 Å². The van der Waals surface area contributed by atoms with Crippen LogP contribution in [0.15, 0.2) is 0 Å². The molecule has 0 spiro atoms. The molecule has 0 unspecified atom stereocenters. The minimum atomic E-state index is -0.833. The molecular formula is C6H14O7Pr. The van der Waals surface area contributed by atoms with Crippen molar-refractivity contribution in [3.05, 3.63) is 0 Å². The fourth-order valence-electron chi connectivity index (χ4n) is 0. The van der Waals surface area contributed by atoms with E-state index in [1.54, 1.807) is 0 Å². The smallest absolute Gasteiger partial charge is 0.300 e. The Morgan fingerprint density at radius 2 is 0.714 bits per heavy atom. The average molecular weight is 339 g/mol. The fraction of sp³-hybridized carbons (Fsp3) is 0.500. The third kappa shape index (κ3) is 19100. The predicted molar refractivity (Wildman–Crippen MR) is 43.5 cm³/mol. The summed E-state index contributed by atoms with van der Waals surface area (Å²) in [6.07, 6.45) is 0. The van der Waals surface area contributed by atoms with Crippen LogP contribution in [0.5, 0.6) is 0 Å². The van der Waals surface area contributed by atoms with Crippen molar-refractivity contribution in [3.63, 3.8) is 0 Å². The largest absolute Gasteiger partial charge is 0.481 e. The fourth-order valence-corrected chi connectivity index (χ4v) is 0. The first kappa shape index (κ1) is 29.2. The third-order valence-corrected chi connectivity index (χ3v) is 0. The summed E-state index contributed by atoms with van der Waals surface area (Å²) >= 11 is 0. The molecule has 0 saturated carbocycles. The van der Waals surface area contributed by atoms with Crippen molar-refractivity contribution in [1.82, 2.24) is 0 Å². The standard InChI is InChI=1S/3C2H4O2.H2O.Pr/c3*1-2(3)4;;/h3*1H3,(H,3,4);1H2;. The van der Waals surface area contributed by atoms with Crippen LogP contribution in [0.1, 0.15) is 20.8 Å². The van der Waals surface area contributed by atoms with E-state index in [2.05, 4.69) is 0 Å². The van der Waals surface area contributed by atoms with Crippen LogP contribution in [0.2, 0.25) is 0 Å². The van der Waals surface area contributed by atoms with Gasteiger partial charge in [0.2, 0.25) is 0 Å². The number of carboxylic acid groups (broad SMARTS) is 3. The molecule has 0 aliphatic heterocycles. The molecule has 0 amide bonds. The van der Waals surface area contributed by atoms with Gasteiger partial charge in [-0.15, -0.1) is 0 Å². The van der Waals surface area contributed by atoms with Gasteiger partial charge in [0.05, 0.1) is 0 Å². The molecule has 0 aromatic rings. The zero-order valence-corrected chi connectivity index (χ0v) is 11.8. The van der Waals surface area contributed by atoms with Crippen LogP contribution in [0.4, 0.5) is 0 Å². The van der Waals surface area contributed by atoms with Gasteiger partial charge >= 0.3 is 0 Å². The Labute approximate surface area is 114 Å². The number of rotatable bonds is 0. The van der Waals surface area contributed by atoms with Crippen LogP contribution in [0.3, 0.4) is 0 Å². The summed E-state index contributed by atoms with van der Waals surface area (Å²) in [6, 6.07) is 0. The second-order valence-corrected chi connectivity index (χ2v) is 1.56. The normalized spacial score (nSPS) is 5.36. The Hall–Kier alpha value is -0.266. The summed E-state index contributed by atoms with van der Waals surface area (Å²) in [6.45, 7) is 3.25. The van der Waals surface area contributed by atoms with Gasteiger partial charge in [0.15, 0.2) is 0 Å². The zero-order chi connectivity index (χ0) is 10.7. The van der Waals surface area contributed by atoms with E-state index in [0.29, 0.717) is 0 Å². The second-order valence-electron chi connectivity index (χ2n) is 1.56. The first-order valence-electron chi connectivity index (χ1n) is 2.78. The van der Waals surface area contributed by atoms with Crippen LogP contribution < -0.4 is 0 Å². The maximum absolute atomic E-state index is 9.00. The molecule has 0 aromatic carbocycles. The molecule has 1 radical (unpaired) electrons. The van der Waals surface area contributed by atoms with Crippen molar-refractivity contribution >= 4 is 17.9 Å². The van der Waals surface area contributed by atoms with E-state index in [1.807, 2.05) is 0 Å². The van der Waals surface area contributed by atoms with Gasteiger partial charge in [-0.05, 0) is 0 Å². The van der Waals surface area contributed by atoms with Crippen molar-refractivity contribution in [2.75, 3.05) is 0 Å². The van der Waals surface area contributed by atoms with E-state index >= 15 is 0 Å². The molecule has 83 valence electrons. The Morgan fingerprint density at radius 3 is 0.714 bits per heavy atom. The number of aliphatic carboxylic acids is 3. The van der Waals surface area contributed by atoms with E-state index in [9.17, 15) is 0 Å². The van der Waals surface area contributed by atoms with Gasteiger partial charge in [-0.25, -0.2) is 0 Å². The maximum Gasteiger partial charge on any atom is 0.300 e. The van der Waals surface area contributed by atoms with Gasteiger partial charge in [-0.1, -0.05) is 0 Å². The number of carboxylic acids is 3. The van der Waals surface area contributed by atoms with Gasteiger partial charge in [0.1, 0.15) is 0 Å². The van der Waals surface area contributed by atoms with Crippen molar-refractivity contribution < 1.29 is 76.5 Å². The second kappa shape index (κ2) is 23.0. The van der Waals surface area contributed by atoms with E-state index in [4.69, 9.17) is 29.7 Å². The molecule has 0 saturated heterocycles. The van der Waals surface area contributed by atoms with E-state index in [0.717, 1.165) is 20.8 Å². The summed E-state index contributed by atoms with van der Waals surface area (Å²) in [5.41, 5.74) is 0. The molecule has 0 bridgehead atoms.